The van der Waals surface area contributed by atoms with Gasteiger partial charge in [-0.15, -0.1) is 10.2 Å². The van der Waals surface area contributed by atoms with Crippen LogP contribution >= 0.6 is 0 Å². The molecular weight excluding hydrogens is 262 g/mol. The van der Waals surface area contributed by atoms with Crippen molar-refractivity contribution in [1.29, 1.82) is 0 Å². The van der Waals surface area contributed by atoms with E-state index in [1.54, 1.807) is 6.33 Å². The fraction of sp³-hybridized carbons (Fsp3) is 0.500. The highest BCUT2D eigenvalue weighted by atomic mass is 15.2. The number of nitrogens with one attached hydrogen (secondary N) is 1. The van der Waals surface area contributed by atoms with E-state index in [4.69, 9.17) is 0 Å². The minimum atomic E-state index is 0.907. The predicted molar refractivity (Wildman–Crippen MR) is 84.4 cm³/mol. The second-order valence-electron chi connectivity index (χ2n) is 5.77. The van der Waals surface area contributed by atoms with Gasteiger partial charge in [-0.05, 0) is 30.0 Å². The molecule has 0 saturated carbocycles. The maximum Gasteiger partial charge on any atom is 0.133 e. The Hall–Kier alpha value is -1.88. The fourth-order valence-electron chi connectivity index (χ4n) is 2.91. The number of hydrogen-bond acceptors (Lipinski definition) is 4. The van der Waals surface area contributed by atoms with E-state index in [2.05, 4.69) is 45.7 Å². The van der Waals surface area contributed by atoms with E-state index in [1.165, 1.54) is 36.2 Å². The summed E-state index contributed by atoms with van der Waals surface area (Å²) in [7, 11) is 4.16. The van der Waals surface area contributed by atoms with Crippen LogP contribution in [0, 0.1) is 0 Å². The van der Waals surface area contributed by atoms with Gasteiger partial charge in [0.2, 0.25) is 0 Å². The lowest BCUT2D eigenvalue weighted by Crippen LogP contribution is -2.25. The number of hydrogen-bond donors (Lipinski definition) is 1. The van der Waals surface area contributed by atoms with Crippen molar-refractivity contribution in [2.45, 2.75) is 25.8 Å². The molecule has 0 atom stereocenters. The lowest BCUT2D eigenvalue weighted by molar-refractivity contribution is 0.652. The van der Waals surface area contributed by atoms with Crippen LogP contribution in [-0.4, -0.2) is 34.9 Å². The van der Waals surface area contributed by atoms with Crippen LogP contribution in [0.15, 0.2) is 24.5 Å². The van der Waals surface area contributed by atoms with E-state index in [0.717, 1.165) is 25.3 Å². The molecule has 5 heteroatoms. The highest BCUT2D eigenvalue weighted by molar-refractivity contribution is 5.56. The highest BCUT2D eigenvalue weighted by Crippen LogP contribution is 2.26. The van der Waals surface area contributed by atoms with Crippen LogP contribution in [0.5, 0.6) is 0 Å². The number of rotatable bonds is 5. The first-order chi connectivity index (χ1) is 10.2. The molecule has 1 aliphatic rings. The van der Waals surface area contributed by atoms with Crippen LogP contribution in [0.25, 0.3) is 0 Å². The number of aromatic nitrogens is 3. The van der Waals surface area contributed by atoms with Crippen molar-refractivity contribution >= 4 is 5.69 Å². The fourth-order valence-corrected chi connectivity index (χ4v) is 2.91. The van der Waals surface area contributed by atoms with Gasteiger partial charge in [-0.1, -0.05) is 12.1 Å². The van der Waals surface area contributed by atoms with E-state index in [9.17, 15) is 0 Å². The van der Waals surface area contributed by atoms with Crippen LogP contribution < -0.4 is 10.2 Å². The van der Waals surface area contributed by atoms with Crippen LogP contribution in [-0.2, 0) is 26.4 Å². The summed E-state index contributed by atoms with van der Waals surface area (Å²) in [6.45, 7) is 3.00. The maximum absolute atomic E-state index is 4.09. The average molecular weight is 285 g/mol. The molecule has 0 bridgehead atoms. The van der Waals surface area contributed by atoms with E-state index in [0.29, 0.717) is 0 Å². The molecule has 1 aromatic carbocycles. The van der Waals surface area contributed by atoms with Gasteiger partial charge < -0.3 is 14.8 Å². The predicted octanol–water partition coefficient (Wildman–Crippen LogP) is 1.53. The third-order valence-corrected chi connectivity index (χ3v) is 4.15. The number of nitrogens with zero attached hydrogens (tertiary/aromatic N) is 4. The van der Waals surface area contributed by atoms with Crippen molar-refractivity contribution in [3.63, 3.8) is 0 Å². The Morgan fingerprint density at radius 3 is 3.00 bits per heavy atom. The first-order valence-electron chi connectivity index (χ1n) is 7.60. The van der Waals surface area contributed by atoms with Gasteiger partial charge >= 0.3 is 0 Å². The van der Waals surface area contributed by atoms with Crippen LogP contribution in [0.1, 0.15) is 23.4 Å². The normalized spacial score (nSPS) is 14.3. The van der Waals surface area contributed by atoms with Crippen LogP contribution in [0.2, 0.25) is 0 Å². The van der Waals surface area contributed by atoms with Crippen molar-refractivity contribution in [1.82, 2.24) is 20.1 Å². The molecule has 2 aromatic rings. The summed E-state index contributed by atoms with van der Waals surface area (Å²) >= 11 is 0. The molecule has 5 nitrogen and oxygen atoms in total. The quantitative estimate of drug-likeness (QED) is 0.846. The van der Waals surface area contributed by atoms with Crippen molar-refractivity contribution in [2.24, 2.45) is 7.05 Å². The van der Waals surface area contributed by atoms with E-state index in [-0.39, 0.29) is 0 Å². The Labute approximate surface area is 126 Å². The maximum atomic E-state index is 4.09. The zero-order valence-corrected chi connectivity index (χ0v) is 12.8. The first-order valence-corrected chi connectivity index (χ1v) is 7.60. The van der Waals surface area contributed by atoms with E-state index in [1.807, 2.05) is 11.6 Å². The highest BCUT2D eigenvalue weighted by Gasteiger charge is 2.13. The average Bonchev–Trinajstić information content (AvgIpc) is 2.89. The molecule has 3 rings (SSSR count). The summed E-state index contributed by atoms with van der Waals surface area (Å²) in [5.41, 5.74) is 4.24. The van der Waals surface area contributed by atoms with E-state index < -0.39 is 0 Å². The lowest BCUT2D eigenvalue weighted by atomic mass is 9.99. The summed E-state index contributed by atoms with van der Waals surface area (Å²) in [5, 5.41) is 11.5. The summed E-state index contributed by atoms with van der Waals surface area (Å²) in [6.07, 6.45) is 5.11. The molecule has 0 aliphatic carbocycles. The van der Waals surface area contributed by atoms with Gasteiger partial charge in [-0.3, -0.25) is 0 Å². The smallest absolute Gasteiger partial charge is 0.133 e. The van der Waals surface area contributed by atoms with Crippen molar-refractivity contribution < 1.29 is 0 Å². The summed E-state index contributed by atoms with van der Waals surface area (Å²) in [4.78, 5) is 2.35. The molecule has 0 spiro atoms. The Morgan fingerprint density at radius 1 is 1.29 bits per heavy atom. The second kappa shape index (κ2) is 6.26. The third-order valence-electron chi connectivity index (χ3n) is 4.15. The van der Waals surface area contributed by atoms with Gasteiger partial charge in [-0.25, -0.2) is 0 Å². The van der Waals surface area contributed by atoms with Gasteiger partial charge in [0.25, 0.3) is 0 Å². The Morgan fingerprint density at radius 2 is 2.19 bits per heavy atom. The zero-order valence-electron chi connectivity index (χ0n) is 12.8. The topological polar surface area (TPSA) is 46.0 Å². The Kier molecular flexibility index (Phi) is 4.20. The number of benzene rings is 1. The zero-order chi connectivity index (χ0) is 14.7. The summed E-state index contributed by atoms with van der Waals surface area (Å²) in [5.74, 6) is 1.02. The number of aryl methyl sites for hydroxylation is 2. The number of anilines is 1. The lowest BCUT2D eigenvalue weighted by Gasteiger charge is -2.27. The van der Waals surface area contributed by atoms with Gasteiger partial charge in [-0.2, -0.15) is 0 Å². The first kappa shape index (κ1) is 14.1. The van der Waals surface area contributed by atoms with Crippen LogP contribution in [0.3, 0.4) is 0 Å². The molecule has 1 aromatic heterocycles. The van der Waals surface area contributed by atoms with Crippen molar-refractivity contribution in [2.75, 3.05) is 25.0 Å². The third kappa shape index (κ3) is 3.24. The summed E-state index contributed by atoms with van der Waals surface area (Å²) in [6, 6.07) is 6.84. The molecule has 112 valence electrons. The molecule has 1 N–H and O–H groups in total. The molecule has 0 amide bonds. The molecule has 1 aliphatic heterocycles. The van der Waals surface area contributed by atoms with E-state index >= 15 is 0 Å². The van der Waals surface area contributed by atoms with Crippen LogP contribution in [0.4, 0.5) is 5.69 Å². The second-order valence-corrected chi connectivity index (χ2v) is 5.77. The minimum Gasteiger partial charge on any atom is -0.374 e. The molecule has 2 heterocycles. The van der Waals surface area contributed by atoms with Gasteiger partial charge in [0.05, 0.1) is 0 Å². The molecule has 21 heavy (non-hydrogen) atoms. The SMILES string of the molecule is CN1CCCc2cc(CNCCc3nncn3C)ccc21. The monoisotopic (exact) mass is 285 g/mol. The Bertz CT molecular complexity index is 604. The molecule has 0 fully saturated rings. The summed E-state index contributed by atoms with van der Waals surface area (Å²) < 4.78 is 1.97. The Balaban J connectivity index is 1.53. The molecule has 0 saturated heterocycles. The van der Waals surface area contributed by atoms with Gasteiger partial charge in [0.1, 0.15) is 12.2 Å². The van der Waals surface area contributed by atoms with Gasteiger partial charge in [0, 0.05) is 45.8 Å². The molecule has 0 unspecified atom stereocenters. The van der Waals surface area contributed by atoms with Crippen molar-refractivity contribution in [3.05, 3.63) is 41.5 Å². The number of fused-ring (bicyclic) bond motifs is 1. The molecule has 0 radical (unpaired) electrons. The largest absolute Gasteiger partial charge is 0.374 e. The minimum absolute atomic E-state index is 0.907. The van der Waals surface area contributed by atoms with Gasteiger partial charge in [0.15, 0.2) is 0 Å². The standard InChI is InChI=1S/C16H23N5/c1-20-9-3-4-14-10-13(5-6-15(14)20)11-17-8-7-16-19-18-12-21(16)2/h5-6,10,12,17H,3-4,7-9,11H2,1-2H3. The molecular formula is C16H23N5. The van der Waals surface area contributed by atoms with Crippen molar-refractivity contribution in [3.8, 4) is 0 Å².